The summed E-state index contributed by atoms with van der Waals surface area (Å²) in [4.78, 5) is 19.8. The molecule has 6 nitrogen and oxygen atoms in total. The second-order valence-electron chi connectivity index (χ2n) is 8.91. The van der Waals surface area contributed by atoms with Gasteiger partial charge < -0.3 is 18.9 Å². The highest BCUT2D eigenvalue weighted by Crippen LogP contribution is 2.34. The second kappa shape index (κ2) is 10.2. The number of nitrogens with zero attached hydrogens (tertiary/aromatic N) is 3. The first kappa shape index (κ1) is 23.0. The van der Waals surface area contributed by atoms with Crippen LogP contribution in [0.3, 0.4) is 0 Å². The van der Waals surface area contributed by atoms with Crippen molar-refractivity contribution in [1.29, 1.82) is 0 Å². The molecule has 1 amide bonds. The Hall–Kier alpha value is -3.80. The van der Waals surface area contributed by atoms with Crippen molar-refractivity contribution in [2.24, 2.45) is 0 Å². The van der Waals surface area contributed by atoms with Gasteiger partial charge in [-0.3, -0.25) is 4.79 Å². The van der Waals surface area contributed by atoms with Crippen LogP contribution in [-0.2, 0) is 11.3 Å². The van der Waals surface area contributed by atoms with E-state index >= 15 is 0 Å². The smallest absolute Gasteiger partial charge is 0.227 e. The van der Waals surface area contributed by atoms with E-state index in [2.05, 4.69) is 23.6 Å². The lowest BCUT2D eigenvalue weighted by atomic mass is 10.1. The number of imidazole rings is 1. The van der Waals surface area contributed by atoms with E-state index in [4.69, 9.17) is 14.5 Å². The lowest BCUT2D eigenvalue weighted by molar-refractivity contribution is -0.117. The molecule has 1 saturated heterocycles. The van der Waals surface area contributed by atoms with E-state index in [-0.39, 0.29) is 11.8 Å². The first-order valence-electron chi connectivity index (χ1n) is 12.3. The lowest BCUT2D eigenvalue weighted by Gasteiger charge is -2.18. The van der Waals surface area contributed by atoms with Crippen LogP contribution >= 0.6 is 0 Å². The molecule has 5 rings (SSSR count). The number of aryl methyl sites for hydroxylation is 2. The Morgan fingerprint density at radius 3 is 2.54 bits per heavy atom. The normalized spacial score (nSPS) is 15.7. The van der Waals surface area contributed by atoms with Crippen LogP contribution in [0.4, 0.5) is 5.69 Å². The standard InChI is InChI=1S/C29H31N3O3/c1-3-34-24-15-13-23(14-16-24)32-20-22(19-28(32)33)29-30-25-10-5-6-11-26(25)31(29)17-8-18-35-27-12-7-4-9-21(27)2/h4-7,9-16,22H,3,8,17-20H2,1-2H3/t22-/m1/s1. The zero-order valence-corrected chi connectivity index (χ0v) is 20.3. The third kappa shape index (κ3) is 4.87. The van der Waals surface area contributed by atoms with E-state index in [0.717, 1.165) is 52.6 Å². The van der Waals surface area contributed by atoms with Crippen molar-refractivity contribution in [3.8, 4) is 11.5 Å². The molecule has 0 radical (unpaired) electrons. The van der Waals surface area contributed by atoms with Gasteiger partial charge >= 0.3 is 0 Å². The number of para-hydroxylation sites is 3. The van der Waals surface area contributed by atoms with Crippen LogP contribution in [0.5, 0.6) is 11.5 Å². The topological polar surface area (TPSA) is 56.6 Å². The van der Waals surface area contributed by atoms with E-state index in [1.165, 1.54) is 0 Å². The molecule has 0 bridgehead atoms. The molecule has 35 heavy (non-hydrogen) atoms. The van der Waals surface area contributed by atoms with Gasteiger partial charge in [-0.05, 0) is 68.3 Å². The highest BCUT2D eigenvalue weighted by molar-refractivity contribution is 5.96. The first-order chi connectivity index (χ1) is 17.1. The number of hydrogen-bond acceptors (Lipinski definition) is 4. The molecule has 6 heteroatoms. The maximum atomic E-state index is 13.0. The minimum atomic E-state index is 0.0405. The van der Waals surface area contributed by atoms with Gasteiger partial charge in [0.25, 0.3) is 0 Å². The summed E-state index contributed by atoms with van der Waals surface area (Å²) in [5.74, 6) is 2.88. The van der Waals surface area contributed by atoms with Gasteiger partial charge in [0.05, 0.1) is 24.2 Å². The van der Waals surface area contributed by atoms with Crippen LogP contribution in [-0.4, -0.2) is 35.2 Å². The molecule has 2 heterocycles. The number of fused-ring (bicyclic) bond motifs is 1. The summed E-state index contributed by atoms with van der Waals surface area (Å²) >= 11 is 0. The molecule has 1 aliphatic rings. The molecule has 1 atom stereocenters. The molecule has 0 saturated carbocycles. The molecule has 1 aliphatic heterocycles. The van der Waals surface area contributed by atoms with Crippen LogP contribution in [0.25, 0.3) is 11.0 Å². The van der Waals surface area contributed by atoms with Crippen molar-refractivity contribution in [2.75, 3.05) is 24.7 Å². The molecule has 180 valence electrons. The molecule has 0 unspecified atom stereocenters. The number of rotatable bonds is 9. The molecule has 3 aromatic carbocycles. The number of anilines is 1. The van der Waals surface area contributed by atoms with Crippen LogP contribution in [0.1, 0.15) is 37.1 Å². The van der Waals surface area contributed by atoms with Gasteiger partial charge in [0.2, 0.25) is 5.91 Å². The van der Waals surface area contributed by atoms with Crippen LogP contribution in [0.15, 0.2) is 72.8 Å². The Labute approximate surface area is 206 Å². The van der Waals surface area contributed by atoms with Crippen molar-refractivity contribution < 1.29 is 14.3 Å². The van der Waals surface area contributed by atoms with Gasteiger partial charge in [-0.25, -0.2) is 4.98 Å². The van der Waals surface area contributed by atoms with Gasteiger partial charge in [0.1, 0.15) is 17.3 Å². The average molecular weight is 470 g/mol. The maximum absolute atomic E-state index is 13.0. The number of amides is 1. The van der Waals surface area contributed by atoms with E-state index < -0.39 is 0 Å². The van der Waals surface area contributed by atoms with Gasteiger partial charge in [0.15, 0.2) is 0 Å². The zero-order valence-electron chi connectivity index (χ0n) is 20.3. The quantitative estimate of drug-likeness (QED) is 0.294. The SMILES string of the molecule is CCOc1ccc(N2C[C@H](c3nc4ccccc4n3CCCOc3ccccc3C)CC2=O)cc1. The molecular weight excluding hydrogens is 438 g/mol. The Balaban J connectivity index is 1.33. The van der Waals surface area contributed by atoms with Crippen molar-refractivity contribution in [2.45, 2.75) is 39.2 Å². The summed E-state index contributed by atoms with van der Waals surface area (Å²) < 4.78 is 13.8. The summed E-state index contributed by atoms with van der Waals surface area (Å²) in [6.07, 6.45) is 1.31. The Bertz CT molecular complexity index is 1310. The molecule has 0 N–H and O–H groups in total. The summed E-state index contributed by atoms with van der Waals surface area (Å²) in [6.45, 7) is 6.67. The third-order valence-electron chi connectivity index (χ3n) is 6.51. The minimum Gasteiger partial charge on any atom is -0.494 e. The number of benzene rings is 3. The maximum Gasteiger partial charge on any atom is 0.227 e. The van der Waals surface area contributed by atoms with Crippen LogP contribution in [0.2, 0.25) is 0 Å². The minimum absolute atomic E-state index is 0.0405. The van der Waals surface area contributed by atoms with Gasteiger partial charge in [-0.15, -0.1) is 0 Å². The fourth-order valence-electron chi connectivity index (χ4n) is 4.78. The predicted molar refractivity (Wildman–Crippen MR) is 138 cm³/mol. The molecule has 4 aromatic rings. The number of carbonyl (C=O) groups is 1. The Morgan fingerprint density at radius 2 is 1.74 bits per heavy atom. The third-order valence-corrected chi connectivity index (χ3v) is 6.51. The summed E-state index contributed by atoms with van der Waals surface area (Å²) in [5.41, 5.74) is 4.11. The number of carbonyl (C=O) groups excluding carboxylic acids is 1. The highest BCUT2D eigenvalue weighted by Gasteiger charge is 2.34. The number of aromatic nitrogens is 2. The van der Waals surface area contributed by atoms with E-state index in [9.17, 15) is 4.79 Å². The second-order valence-corrected chi connectivity index (χ2v) is 8.91. The molecule has 1 aromatic heterocycles. The largest absolute Gasteiger partial charge is 0.494 e. The molecule has 0 aliphatic carbocycles. The summed E-state index contributed by atoms with van der Waals surface area (Å²) in [5, 5.41) is 0. The van der Waals surface area contributed by atoms with E-state index in [0.29, 0.717) is 26.2 Å². The Kier molecular flexibility index (Phi) is 6.70. The van der Waals surface area contributed by atoms with Crippen LogP contribution in [0, 0.1) is 6.92 Å². The molecule has 1 fully saturated rings. The summed E-state index contributed by atoms with van der Waals surface area (Å²) in [7, 11) is 0. The monoisotopic (exact) mass is 469 g/mol. The van der Waals surface area contributed by atoms with E-state index in [1.54, 1.807) is 0 Å². The number of hydrogen-bond donors (Lipinski definition) is 0. The van der Waals surface area contributed by atoms with Gasteiger partial charge in [-0.1, -0.05) is 30.3 Å². The van der Waals surface area contributed by atoms with E-state index in [1.807, 2.05) is 72.5 Å². The van der Waals surface area contributed by atoms with Crippen molar-refractivity contribution >= 4 is 22.6 Å². The summed E-state index contributed by atoms with van der Waals surface area (Å²) in [6, 6.07) is 24.0. The zero-order chi connectivity index (χ0) is 24.2. The fourth-order valence-corrected chi connectivity index (χ4v) is 4.78. The fraction of sp³-hybridized carbons (Fsp3) is 0.310. The average Bonchev–Trinajstić information content (AvgIpc) is 3.44. The predicted octanol–water partition coefficient (Wildman–Crippen LogP) is 5.73. The molecular formula is C29H31N3O3. The highest BCUT2D eigenvalue weighted by atomic mass is 16.5. The van der Waals surface area contributed by atoms with Gasteiger partial charge in [-0.2, -0.15) is 0 Å². The van der Waals surface area contributed by atoms with Crippen molar-refractivity contribution in [3.63, 3.8) is 0 Å². The molecule has 0 spiro atoms. The van der Waals surface area contributed by atoms with Gasteiger partial charge in [0, 0.05) is 31.1 Å². The lowest BCUT2D eigenvalue weighted by Crippen LogP contribution is -2.24. The Morgan fingerprint density at radius 1 is 0.971 bits per heavy atom. The van der Waals surface area contributed by atoms with Crippen LogP contribution < -0.4 is 14.4 Å². The first-order valence-corrected chi connectivity index (χ1v) is 12.3. The van der Waals surface area contributed by atoms with Crippen molar-refractivity contribution in [1.82, 2.24) is 9.55 Å². The van der Waals surface area contributed by atoms with Crippen molar-refractivity contribution in [3.05, 3.63) is 84.2 Å². The number of ether oxygens (including phenoxy) is 2.